The number of aliphatic hydroxyl groups is 1. The van der Waals surface area contributed by atoms with Crippen molar-refractivity contribution in [2.24, 2.45) is 5.41 Å². The van der Waals surface area contributed by atoms with Crippen molar-refractivity contribution in [3.63, 3.8) is 0 Å². The summed E-state index contributed by atoms with van der Waals surface area (Å²) in [6, 6.07) is 0. The summed E-state index contributed by atoms with van der Waals surface area (Å²) in [4.78, 5) is 0. The summed E-state index contributed by atoms with van der Waals surface area (Å²) in [5, 5.41) is 8.02. The molecule has 0 unspecified atom stereocenters. The van der Waals surface area contributed by atoms with Gasteiger partial charge in [-0.25, -0.2) is 0 Å². The van der Waals surface area contributed by atoms with E-state index >= 15 is 0 Å². The molecule has 0 spiro atoms. The van der Waals surface area contributed by atoms with Crippen molar-refractivity contribution >= 4 is 0 Å². The Morgan fingerprint density at radius 3 is 2.50 bits per heavy atom. The molecule has 0 aromatic rings. The first-order valence-electron chi connectivity index (χ1n) is 3.67. The molecular formula is C7H12F2O3. The molecule has 1 N–H and O–H groups in total. The summed E-state index contributed by atoms with van der Waals surface area (Å²) in [6.07, 6.45) is -3.72. The first-order valence-corrected chi connectivity index (χ1v) is 3.67. The van der Waals surface area contributed by atoms with Crippen LogP contribution in [0.1, 0.15) is 6.92 Å². The van der Waals surface area contributed by atoms with E-state index < -0.39 is 12.7 Å². The van der Waals surface area contributed by atoms with Gasteiger partial charge >= 0.3 is 6.11 Å². The summed E-state index contributed by atoms with van der Waals surface area (Å²) >= 11 is 0. The Bertz CT molecular complexity index is 151. The Kier molecular flexibility index (Phi) is 2.65. The second-order valence-electron chi connectivity index (χ2n) is 3.46. The highest BCUT2D eigenvalue weighted by molar-refractivity contribution is 4.80. The Morgan fingerprint density at radius 2 is 2.17 bits per heavy atom. The third-order valence-electron chi connectivity index (χ3n) is 1.63. The lowest BCUT2D eigenvalue weighted by atomic mass is 9.90. The van der Waals surface area contributed by atoms with Crippen LogP contribution in [0.4, 0.5) is 8.78 Å². The van der Waals surface area contributed by atoms with E-state index in [2.05, 4.69) is 4.74 Å². The molecule has 0 amide bonds. The first-order chi connectivity index (χ1) is 5.41. The maximum absolute atomic E-state index is 11.8. The van der Waals surface area contributed by atoms with Crippen LogP contribution >= 0.6 is 0 Å². The minimum absolute atomic E-state index is 0.148. The van der Waals surface area contributed by atoms with Gasteiger partial charge in [0.05, 0.1) is 19.8 Å². The zero-order valence-corrected chi connectivity index (χ0v) is 6.85. The van der Waals surface area contributed by atoms with E-state index in [1.165, 1.54) is 0 Å². The molecule has 0 radical (unpaired) electrons. The topological polar surface area (TPSA) is 38.7 Å². The van der Waals surface area contributed by atoms with Gasteiger partial charge < -0.3 is 14.6 Å². The average Bonchev–Trinajstić information content (AvgIpc) is 1.81. The normalized spacial score (nSPS) is 22.0. The predicted molar refractivity (Wildman–Crippen MR) is 36.9 cm³/mol. The molecular weight excluding hydrogens is 170 g/mol. The van der Waals surface area contributed by atoms with Crippen molar-refractivity contribution in [2.75, 3.05) is 26.4 Å². The highest BCUT2D eigenvalue weighted by Crippen LogP contribution is 2.26. The van der Waals surface area contributed by atoms with Crippen molar-refractivity contribution in [1.82, 2.24) is 0 Å². The minimum atomic E-state index is -3.72. The largest absolute Gasteiger partial charge is 0.380 e. The molecule has 1 fully saturated rings. The van der Waals surface area contributed by atoms with Gasteiger partial charge in [0.1, 0.15) is 6.61 Å². The molecule has 1 rings (SSSR count). The number of ether oxygens (including phenoxy) is 2. The van der Waals surface area contributed by atoms with Crippen molar-refractivity contribution in [1.29, 1.82) is 0 Å². The van der Waals surface area contributed by atoms with Crippen molar-refractivity contribution < 1.29 is 23.4 Å². The lowest BCUT2D eigenvalue weighted by Crippen LogP contribution is -2.44. The molecule has 1 aliphatic rings. The van der Waals surface area contributed by atoms with E-state index in [9.17, 15) is 8.78 Å². The molecule has 0 saturated carbocycles. The number of alkyl halides is 2. The van der Waals surface area contributed by atoms with Crippen LogP contribution in [-0.2, 0) is 9.47 Å². The van der Waals surface area contributed by atoms with Gasteiger partial charge in [-0.15, -0.1) is 0 Å². The number of halogens is 2. The van der Waals surface area contributed by atoms with E-state index in [1.807, 2.05) is 6.92 Å². The van der Waals surface area contributed by atoms with E-state index in [4.69, 9.17) is 9.84 Å². The third kappa shape index (κ3) is 3.00. The first kappa shape index (κ1) is 9.83. The minimum Gasteiger partial charge on any atom is -0.380 e. The molecule has 5 heteroatoms. The molecule has 0 bridgehead atoms. The van der Waals surface area contributed by atoms with Crippen LogP contribution in [0.15, 0.2) is 0 Å². The third-order valence-corrected chi connectivity index (χ3v) is 1.63. The SMILES string of the molecule is CC1(COCC(O)(F)F)COC1. The van der Waals surface area contributed by atoms with Crippen LogP contribution in [0.3, 0.4) is 0 Å². The van der Waals surface area contributed by atoms with Gasteiger partial charge in [-0.2, -0.15) is 8.78 Å². The lowest BCUT2D eigenvalue weighted by molar-refractivity contribution is -0.243. The zero-order chi connectivity index (χ0) is 9.24. The fraction of sp³-hybridized carbons (Fsp3) is 1.00. The Morgan fingerprint density at radius 1 is 1.58 bits per heavy atom. The van der Waals surface area contributed by atoms with Gasteiger partial charge in [-0.1, -0.05) is 6.92 Å². The average molecular weight is 182 g/mol. The van der Waals surface area contributed by atoms with Gasteiger partial charge in [0.25, 0.3) is 0 Å². The maximum atomic E-state index is 11.8. The molecule has 3 nitrogen and oxygen atoms in total. The quantitative estimate of drug-likeness (QED) is 0.692. The van der Waals surface area contributed by atoms with Crippen LogP contribution in [0.25, 0.3) is 0 Å². The van der Waals surface area contributed by atoms with E-state index in [-0.39, 0.29) is 12.0 Å². The van der Waals surface area contributed by atoms with Crippen LogP contribution in [0.5, 0.6) is 0 Å². The van der Waals surface area contributed by atoms with Crippen LogP contribution < -0.4 is 0 Å². The fourth-order valence-corrected chi connectivity index (χ4v) is 0.954. The molecule has 72 valence electrons. The van der Waals surface area contributed by atoms with Gasteiger partial charge in [0.2, 0.25) is 0 Å². The van der Waals surface area contributed by atoms with E-state index in [1.54, 1.807) is 0 Å². The zero-order valence-electron chi connectivity index (χ0n) is 6.85. The summed E-state index contributed by atoms with van der Waals surface area (Å²) < 4.78 is 33.2. The van der Waals surface area contributed by atoms with E-state index in [0.29, 0.717) is 13.2 Å². The number of hydrogen-bond acceptors (Lipinski definition) is 3. The molecule has 1 heterocycles. The highest BCUT2D eigenvalue weighted by Gasteiger charge is 2.35. The molecule has 0 aliphatic carbocycles. The second-order valence-corrected chi connectivity index (χ2v) is 3.46. The molecule has 12 heavy (non-hydrogen) atoms. The number of rotatable bonds is 4. The standard InChI is InChI=1S/C7H12F2O3/c1-6(2-11-3-6)4-12-5-7(8,9)10/h10H,2-5H2,1H3. The summed E-state index contributed by atoms with van der Waals surface area (Å²) in [6.45, 7) is 2.20. The summed E-state index contributed by atoms with van der Waals surface area (Å²) in [7, 11) is 0. The van der Waals surface area contributed by atoms with Gasteiger partial charge in [-0.05, 0) is 0 Å². The second kappa shape index (κ2) is 3.24. The Balaban J connectivity index is 2.10. The summed E-state index contributed by atoms with van der Waals surface area (Å²) in [5.41, 5.74) is -0.148. The van der Waals surface area contributed by atoms with Crippen LogP contribution in [-0.4, -0.2) is 37.6 Å². The molecule has 1 saturated heterocycles. The van der Waals surface area contributed by atoms with Gasteiger partial charge in [-0.3, -0.25) is 0 Å². The van der Waals surface area contributed by atoms with Crippen molar-refractivity contribution in [3.8, 4) is 0 Å². The lowest BCUT2D eigenvalue weighted by Gasteiger charge is -2.37. The van der Waals surface area contributed by atoms with Crippen LogP contribution in [0.2, 0.25) is 0 Å². The monoisotopic (exact) mass is 182 g/mol. The highest BCUT2D eigenvalue weighted by atomic mass is 19.3. The number of hydrogen-bond donors (Lipinski definition) is 1. The fourth-order valence-electron chi connectivity index (χ4n) is 0.954. The smallest absolute Gasteiger partial charge is 0.376 e. The predicted octanol–water partition coefficient (Wildman–Crippen LogP) is 0.625. The molecule has 0 aromatic carbocycles. The Labute approximate surface area is 69.3 Å². The van der Waals surface area contributed by atoms with E-state index in [0.717, 1.165) is 0 Å². The van der Waals surface area contributed by atoms with Crippen molar-refractivity contribution in [2.45, 2.75) is 13.0 Å². The summed E-state index contributed by atoms with van der Waals surface area (Å²) in [5.74, 6) is 0. The molecule has 0 aromatic heterocycles. The maximum Gasteiger partial charge on any atom is 0.376 e. The van der Waals surface area contributed by atoms with Gasteiger partial charge in [0.15, 0.2) is 0 Å². The van der Waals surface area contributed by atoms with Crippen molar-refractivity contribution in [3.05, 3.63) is 0 Å². The molecule has 1 aliphatic heterocycles. The van der Waals surface area contributed by atoms with Crippen LogP contribution in [0, 0.1) is 5.41 Å². The Hall–Kier alpha value is -0.260. The van der Waals surface area contributed by atoms with Gasteiger partial charge in [0, 0.05) is 5.41 Å². The molecule has 0 atom stereocenters.